The maximum Gasteiger partial charge on any atom is 0.257 e. The minimum Gasteiger partial charge on any atom is -0.332 e. The zero-order chi connectivity index (χ0) is 17.0. The molecule has 0 aliphatic carbocycles. The molecule has 1 amide bonds. The highest BCUT2D eigenvalue weighted by molar-refractivity contribution is 7.80. The summed E-state index contributed by atoms with van der Waals surface area (Å²) in [5, 5.41) is 6.59. The highest BCUT2D eigenvalue weighted by Gasteiger charge is 2.09. The maximum atomic E-state index is 12.2. The average Bonchev–Trinajstić information content (AvgIpc) is 2.51. The lowest BCUT2D eigenvalue weighted by Crippen LogP contribution is -2.34. The lowest BCUT2D eigenvalue weighted by atomic mass is 10.0. The predicted octanol–water partition coefficient (Wildman–Crippen LogP) is 5.24. The van der Waals surface area contributed by atoms with Crippen LogP contribution in [0.15, 0.2) is 42.5 Å². The van der Waals surface area contributed by atoms with Crippen molar-refractivity contribution in [1.29, 1.82) is 0 Å². The van der Waals surface area contributed by atoms with Gasteiger partial charge in [-0.05, 0) is 54.0 Å². The first-order chi connectivity index (χ1) is 10.9. The molecule has 0 radical (unpaired) electrons. The average molecular weight is 367 g/mol. The Balaban J connectivity index is 1.99. The summed E-state index contributed by atoms with van der Waals surface area (Å²) in [4.78, 5) is 12.2. The third-order valence-corrected chi connectivity index (χ3v) is 4.19. The van der Waals surface area contributed by atoms with Gasteiger partial charge in [0, 0.05) is 11.3 Å². The van der Waals surface area contributed by atoms with Crippen LogP contribution in [0.5, 0.6) is 0 Å². The van der Waals surface area contributed by atoms with Crippen LogP contribution in [-0.2, 0) is 0 Å². The van der Waals surface area contributed by atoms with Gasteiger partial charge in [-0.1, -0.05) is 49.2 Å². The molecule has 6 heteroatoms. The molecule has 23 heavy (non-hydrogen) atoms. The molecule has 3 nitrogen and oxygen atoms in total. The van der Waals surface area contributed by atoms with Gasteiger partial charge in [0.25, 0.3) is 5.91 Å². The van der Waals surface area contributed by atoms with Crippen molar-refractivity contribution < 1.29 is 4.79 Å². The van der Waals surface area contributed by atoms with Gasteiger partial charge < -0.3 is 5.32 Å². The SMILES string of the molecule is CC(C)c1ccc(C(=O)NC(=S)Nc2ccc(Cl)c(Cl)c2)cc1. The van der Waals surface area contributed by atoms with Crippen LogP contribution in [0, 0.1) is 0 Å². The van der Waals surface area contributed by atoms with E-state index in [0.717, 1.165) is 0 Å². The molecule has 0 saturated carbocycles. The van der Waals surface area contributed by atoms with E-state index in [1.807, 2.05) is 12.1 Å². The minimum atomic E-state index is -0.266. The van der Waals surface area contributed by atoms with Crippen LogP contribution >= 0.6 is 35.4 Å². The molecule has 0 atom stereocenters. The summed E-state index contributed by atoms with van der Waals surface area (Å²) >= 11 is 16.9. The lowest BCUT2D eigenvalue weighted by molar-refractivity contribution is 0.0977. The van der Waals surface area contributed by atoms with E-state index in [1.165, 1.54) is 5.56 Å². The molecule has 2 rings (SSSR count). The van der Waals surface area contributed by atoms with Crippen molar-refractivity contribution in [3.63, 3.8) is 0 Å². The molecular formula is C17H16Cl2N2OS. The fourth-order valence-electron chi connectivity index (χ4n) is 1.93. The number of thiocarbonyl (C=S) groups is 1. The topological polar surface area (TPSA) is 41.1 Å². The van der Waals surface area contributed by atoms with Crippen molar-refractivity contribution in [1.82, 2.24) is 5.32 Å². The summed E-state index contributed by atoms with van der Waals surface area (Å²) in [5.74, 6) is 0.155. The van der Waals surface area contributed by atoms with Crippen molar-refractivity contribution in [2.45, 2.75) is 19.8 Å². The summed E-state index contributed by atoms with van der Waals surface area (Å²) in [6.07, 6.45) is 0. The second kappa shape index (κ2) is 7.77. The van der Waals surface area contributed by atoms with E-state index in [0.29, 0.717) is 27.2 Å². The lowest BCUT2D eigenvalue weighted by Gasteiger charge is -2.11. The van der Waals surface area contributed by atoms with Crippen molar-refractivity contribution in [2.75, 3.05) is 5.32 Å². The van der Waals surface area contributed by atoms with E-state index in [2.05, 4.69) is 24.5 Å². The molecule has 0 heterocycles. The molecule has 0 aliphatic rings. The molecule has 0 spiro atoms. The first-order valence-corrected chi connectivity index (χ1v) is 8.20. The quantitative estimate of drug-likeness (QED) is 0.729. The molecule has 0 unspecified atom stereocenters. The van der Waals surface area contributed by atoms with E-state index >= 15 is 0 Å². The Bertz CT molecular complexity index is 730. The zero-order valence-corrected chi connectivity index (χ0v) is 15.0. The van der Waals surface area contributed by atoms with Crippen molar-refractivity contribution in [3.05, 3.63) is 63.6 Å². The number of halogens is 2. The fraction of sp³-hybridized carbons (Fsp3) is 0.176. The Kier molecular flexibility index (Phi) is 5.99. The molecule has 2 N–H and O–H groups in total. The molecular weight excluding hydrogens is 351 g/mol. The molecule has 2 aromatic carbocycles. The molecule has 0 fully saturated rings. The van der Waals surface area contributed by atoms with Gasteiger partial charge >= 0.3 is 0 Å². The Hall–Kier alpha value is -1.62. The van der Waals surface area contributed by atoms with Crippen molar-refractivity contribution in [2.24, 2.45) is 0 Å². The molecule has 0 bridgehead atoms. The van der Waals surface area contributed by atoms with E-state index in [-0.39, 0.29) is 11.0 Å². The molecule has 0 aliphatic heterocycles. The van der Waals surface area contributed by atoms with Crippen LogP contribution < -0.4 is 10.6 Å². The molecule has 120 valence electrons. The Morgan fingerprint density at radius 2 is 1.70 bits per heavy atom. The summed E-state index contributed by atoms with van der Waals surface area (Å²) in [6.45, 7) is 4.21. The van der Waals surface area contributed by atoms with Crippen LogP contribution in [-0.4, -0.2) is 11.0 Å². The van der Waals surface area contributed by atoms with E-state index in [1.54, 1.807) is 30.3 Å². The van der Waals surface area contributed by atoms with E-state index < -0.39 is 0 Å². The van der Waals surface area contributed by atoms with Gasteiger partial charge in [0.1, 0.15) is 0 Å². The molecule has 0 saturated heterocycles. The number of hydrogen-bond acceptors (Lipinski definition) is 2. The Morgan fingerprint density at radius 3 is 2.26 bits per heavy atom. The highest BCUT2D eigenvalue weighted by Crippen LogP contribution is 2.24. The summed E-state index contributed by atoms with van der Waals surface area (Å²) in [7, 11) is 0. The van der Waals surface area contributed by atoms with Gasteiger partial charge in [0.15, 0.2) is 5.11 Å². The van der Waals surface area contributed by atoms with Crippen LogP contribution in [0.1, 0.15) is 35.7 Å². The third-order valence-electron chi connectivity index (χ3n) is 3.24. The van der Waals surface area contributed by atoms with Gasteiger partial charge in [0.05, 0.1) is 10.0 Å². The number of carbonyl (C=O) groups excluding carboxylic acids is 1. The Morgan fingerprint density at radius 1 is 1.04 bits per heavy atom. The smallest absolute Gasteiger partial charge is 0.257 e. The third kappa shape index (κ3) is 4.93. The first kappa shape index (κ1) is 17.7. The molecule has 0 aromatic heterocycles. The van der Waals surface area contributed by atoms with E-state index in [9.17, 15) is 4.79 Å². The summed E-state index contributed by atoms with van der Waals surface area (Å²) in [5.41, 5.74) is 2.38. The number of anilines is 1. The van der Waals surface area contributed by atoms with E-state index in [4.69, 9.17) is 35.4 Å². The van der Waals surface area contributed by atoms with Crippen LogP contribution in [0.4, 0.5) is 5.69 Å². The van der Waals surface area contributed by atoms with Gasteiger partial charge in [-0.25, -0.2) is 0 Å². The second-order valence-electron chi connectivity index (χ2n) is 5.31. The van der Waals surface area contributed by atoms with Crippen LogP contribution in [0.25, 0.3) is 0 Å². The summed E-state index contributed by atoms with van der Waals surface area (Å²) < 4.78 is 0. The van der Waals surface area contributed by atoms with Crippen LogP contribution in [0.3, 0.4) is 0 Å². The first-order valence-electron chi connectivity index (χ1n) is 7.04. The van der Waals surface area contributed by atoms with Crippen LogP contribution in [0.2, 0.25) is 10.0 Å². The number of benzene rings is 2. The number of nitrogens with one attached hydrogen (secondary N) is 2. The number of rotatable bonds is 3. The maximum absolute atomic E-state index is 12.2. The van der Waals surface area contributed by atoms with Gasteiger partial charge in [-0.15, -0.1) is 0 Å². The summed E-state index contributed by atoms with van der Waals surface area (Å²) in [6, 6.07) is 12.5. The van der Waals surface area contributed by atoms with Gasteiger partial charge in [-0.3, -0.25) is 10.1 Å². The highest BCUT2D eigenvalue weighted by atomic mass is 35.5. The van der Waals surface area contributed by atoms with Gasteiger partial charge in [0.2, 0.25) is 0 Å². The number of hydrogen-bond donors (Lipinski definition) is 2. The second-order valence-corrected chi connectivity index (χ2v) is 6.54. The van der Waals surface area contributed by atoms with Crippen molar-refractivity contribution >= 4 is 52.1 Å². The monoisotopic (exact) mass is 366 g/mol. The largest absolute Gasteiger partial charge is 0.332 e. The number of carbonyl (C=O) groups is 1. The van der Waals surface area contributed by atoms with Gasteiger partial charge in [-0.2, -0.15) is 0 Å². The predicted molar refractivity (Wildman–Crippen MR) is 101 cm³/mol. The molecule has 2 aromatic rings. The number of amides is 1. The standard InChI is InChI=1S/C17H16Cl2N2OS/c1-10(2)11-3-5-12(6-4-11)16(22)21-17(23)20-13-7-8-14(18)15(19)9-13/h3-10H,1-2H3,(H2,20,21,22,23). The zero-order valence-electron chi connectivity index (χ0n) is 12.7. The van der Waals surface area contributed by atoms with Crippen molar-refractivity contribution in [3.8, 4) is 0 Å². The minimum absolute atomic E-state index is 0.196. The fourth-order valence-corrected chi connectivity index (χ4v) is 2.44. The normalized spacial score (nSPS) is 10.5. The Labute approximate surface area is 151 Å².